The van der Waals surface area contributed by atoms with Gasteiger partial charge in [0.15, 0.2) is 11.5 Å². The minimum absolute atomic E-state index is 0.232. The molecule has 1 amide bonds. The van der Waals surface area contributed by atoms with Gasteiger partial charge in [0, 0.05) is 25.0 Å². The predicted octanol–water partition coefficient (Wildman–Crippen LogP) is 2.42. The Morgan fingerprint density at radius 3 is 2.61 bits per heavy atom. The number of rotatable bonds is 7. The fourth-order valence-corrected chi connectivity index (χ4v) is 5.00. The second-order valence-electron chi connectivity index (χ2n) is 7.75. The van der Waals surface area contributed by atoms with Crippen molar-refractivity contribution in [1.29, 1.82) is 0 Å². The van der Waals surface area contributed by atoms with E-state index in [1.54, 1.807) is 31.3 Å². The summed E-state index contributed by atoms with van der Waals surface area (Å²) < 4.78 is 39.4. The molecule has 0 unspecified atom stereocenters. The van der Waals surface area contributed by atoms with Gasteiger partial charge in [0.05, 0.1) is 17.6 Å². The van der Waals surface area contributed by atoms with Crippen LogP contribution in [0.2, 0.25) is 0 Å². The van der Waals surface area contributed by atoms with Crippen LogP contribution in [-0.4, -0.2) is 49.4 Å². The molecule has 0 bridgehead atoms. The normalized spacial score (nSPS) is 13.9. The number of hydrogen-bond donors (Lipinski definition) is 1. The zero-order valence-electron chi connectivity index (χ0n) is 18.7. The molecule has 0 radical (unpaired) electrons. The maximum absolute atomic E-state index is 13.0. The van der Waals surface area contributed by atoms with Crippen molar-refractivity contribution in [2.24, 2.45) is 0 Å². The van der Waals surface area contributed by atoms with Crippen LogP contribution in [0.1, 0.15) is 18.3 Å². The van der Waals surface area contributed by atoms with Crippen LogP contribution in [-0.2, 0) is 21.4 Å². The zero-order chi connectivity index (χ0) is 23.6. The molecule has 174 valence electrons. The van der Waals surface area contributed by atoms with Gasteiger partial charge in [0.1, 0.15) is 25.1 Å². The van der Waals surface area contributed by atoms with Crippen molar-refractivity contribution in [3.8, 4) is 17.2 Å². The van der Waals surface area contributed by atoms with Crippen LogP contribution < -0.4 is 19.1 Å². The van der Waals surface area contributed by atoms with Gasteiger partial charge in [-0.1, -0.05) is 18.2 Å². The highest BCUT2D eigenvalue weighted by Gasteiger charge is 2.30. The molecule has 3 aromatic rings. The molecular formula is C23H26N4O5S. The summed E-state index contributed by atoms with van der Waals surface area (Å²) in [6, 6.07) is 11.5. The van der Waals surface area contributed by atoms with Crippen LogP contribution in [0.4, 0.5) is 5.69 Å². The van der Waals surface area contributed by atoms with Gasteiger partial charge in [-0.15, -0.1) is 0 Å². The number of benzene rings is 2. The first-order valence-electron chi connectivity index (χ1n) is 10.5. The Hall–Kier alpha value is -3.53. The maximum Gasteiger partial charge on any atom is 0.243 e. The third kappa shape index (κ3) is 4.80. The highest BCUT2D eigenvalue weighted by Crippen LogP contribution is 2.35. The number of aromatic nitrogens is 2. The van der Waals surface area contributed by atoms with E-state index >= 15 is 0 Å². The first-order valence-corrected chi connectivity index (χ1v) is 12.4. The average molecular weight is 471 g/mol. The summed E-state index contributed by atoms with van der Waals surface area (Å²) in [5, 5.41) is 2.87. The van der Waals surface area contributed by atoms with E-state index in [0.717, 1.165) is 27.6 Å². The van der Waals surface area contributed by atoms with E-state index in [2.05, 4.69) is 10.3 Å². The molecule has 4 rings (SSSR count). The smallest absolute Gasteiger partial charge is 0.243 e. The zero-order valence-corrected chi connectivity index (χ0v) is 19.5. The first-order chi connectivity index (χ1) is 15.8. The third-order valence-corrected chi connectivity index (χ3v) is 6.64. The van der Waals surface area contributed by atoms with Gasteiger partial charge in [-0.2, -0.15) is 0 Å². The molecule has 33 heavy (non-hydrogen) atoms. The number of hydrogen-bond acceptors (Lipinski definition) is 6. The SMILES string of the molecule is Cc1nccn1-c1ccccc1CNC(=O)[C@@H](C)N(c1ccc2c(c1)OCCO2)S(C)(=O)=O. The van der Waals surface area contributed by atoms with Crippen molar-refractivity contribution in [3.63, 3.8) is 0 Å². The average Bonchev–Trinajstić information content (AvgIpc) is 3.22. The highest BCUT2D eigenvalue weighted by atomic mass is 32.2. The van der Waals surface area contributed by atoms with Crippen LogP contribution >= 0.6 is 0 Å². The van der Waals surface area contributed by atoms with E-state index in [-0.39, 0.29) is 6.54 Å². The number of carbonyl (C=O) groups excluding carboxylic acids is 1. The number of sulfonamides is 1. The van der Waals surface area contributed by atoms with Gasteiger partial charge in [0.2, 0.25) is 15.9 Å². The molecule has 0 spiro atoms. The number of carbonyl (C=O) groups is 1. The van der Waals surface area contributed by atoms with Gasteiger partial charge in [0.25, 0.3) is 0 Å². The van der Waals surface area contributed by atoms with Crippen molar-refractivity contribution in [2.45, 2.75) is 26.4 Å². The number of amides is 1. The summed E-state index contributed by atoms with van der Waals surface area (Å²) >= 11 is 0. The van der Waals surface area contributed by atoms with E-state index in [4.69, 9.17) is 9.47 Å². The Kier molecular flexibility index (Phi) is 6.28. The summed E-state index contributed by atoms with van der Waals surface area (Å²) in [5.41, 5.74) is 2.11. The van der Waals surface area contributed by atoms with Gasteiger partial charge < -0.3 is 19.4 Å². The Balaban J connectivity index is 1.55. The summed E-state index contributed by atoms with van der Waals surface area (Å²) in [4.78, 5) is 17.3. The van der Waals surface area contributed by atoms with Crippen LogP contribution in [0.5, 0.6) is 11.5 Å². The Morgan fingerprint density at radius 1 is 1.18 bits per heavy atom. The third-order valence-electron chi connectivity index (χ3n) is 5.40. The molecular weight excluding hydrogens is 444 g/mol. The molecule has 1 aromatic heterocycles. The lowest BCUT2D eigenvalue weighted by molar-refractivity contribution is -0.122. The molecule has 9 nitrogen and oxygen atoms in total. The lowest BCUT2D eigenvalue weighted by Crippen LogP contribution is -2.47. The summed E-state index contributed by atoms with van der Waals surface area (Å²) in [6.07, 6.45) is 4.64. The second kappa shape index (κ2) is 9.14. The summed E-state index contributed by atoms with van der Waals surface area (Å²) in [6.45, 7) is 4.49. The molecule has 0 saturated carbocycles. The minimum Gasteiger partial charge on any atom is -0.486 e. The lowest BCUT2D eigenvalue weighted by atomic mass is 10.1. The maximum atomic E-state index is 13.0. The second-order valence-corrected chi connectivity index (χ2v) is 9.61. The van der Waals surface area contributed by atoms with E-state index < -0.39 is 22.0 Å². The van der Waals surface area contributed by atoms with Crippen molar-refractivity contribution in [3.05, 3.63) is 66.2 Å². The van der Waals surface area contributed by atoms with E-state index in [1.807, 2.05) is 42.0 Å². The molecule has 1 aliphatic rings. The van der Waals surface area contributed by atoms with Crippen molar-refractivity contribution >= 4 is 21.6 Å². The molecule has 0 saturated heterocycles. The summed E-state index contributed by atoms with van der Waals surface area (Å²) in [5.74, 6) is 1.39. The van der Waals surface area contributed by atoms with E-state index in [9.17, 15) is 13.2 Å². The lowest BCUT2D eigenvalue weighted by Gasteiger charge is -2.29. The Bertz CT molecular complexity index is 1270. The molecule has 2 heterocycles. The number of ether oxygens (including phenoxy) is 2. The Labute approximate surface area is 193 Å². The molecule has 2 aromatic carbocycles. The van der Waals surface area contributed by atoms with E-state index in [0.29, 0.717) is 30.4 Å². The monoisotopic (exact) mass is 470 g/mol. The number of nitrogens with one attached hydrogen (secondary N) is 1. The largest absolute Gasteiger partial charge is 0.486 e. The predicted molar refractivity (Wildman–Crippen MR) is 124 cm³/mol. The molecule has 0 fully saturated rings. The van der Waals surface area contributed by atoms with Gasteiger partial charge in [-0.25, -0.2) is 13.4 Å². The van der Waals surface area contributed by atoms with Crippen LogP contribution in [0.25, 0.3) is 5.69 Å². The number of aryl methyl sites for hydroxylation is 1. The van der Waals surface area contributed by atoms with Crippen LogP contribution in [0, 0.1) is 6.92 Å². The van der Waals surface area contributed by atoms with Crippen molar-refractivity contribution in [1.82, 2.24) is 14.9 Å². The fourth-order valence-electron chi connectivity index (χ4n) is 3.84. The Morgan fingerprint density at radius 2 is 1.91 bits per heavy atom. The molecule has 1 atom stereocenters. The standard InChI is InChI=1S/C23H26N4O5S/c1-16(27(33(3,29)30)19-8-9-21-22(14-19)32-13-12-31-21)23(28)25-15-18-6-4-5-7-20(18)26-11-10-24-17(26)2/h4-11,14,16H,12-13,15H2,1-3H3,(H,25,28)/t16-/m1/s1. The molecule has 0 aliphatic carbocycles. The van der Waals surface area contributed by atoms with E-state index in [1.165, 1.54) is 0 Å². The first kappa shape index (κ1) is 22.7. The van der Waals surface area contributed by atoms with Gasteiger partial charge >= 0.3 is 0 Å². The number of nitrogens with zero attached hydrogens (tertiary/aromatic N) is 3. The van der Waals surface area contributed by atoms with Gasteiger partial charge in [-0.05, 0) is 37.6 Å². The molecule has 1 N–H and O–H groups in total. The van der Waals surface area contributed by atoms with Gasteiger partial charge in [-0.3, -0.25) is 9.10 Å². The highest BCUT2D eigenvalue weighted by molar-refractivity contribution is 7.92. The van der Waals surface area contributed by atoms with Crippen LogP contribution in [0.3, 0.4) is 0 Å². The van der Waals surface area contributed by atoms with Crippen molar-refractivity contribution < 1.29 is 22.7 Å². The number of para-hydroxylation sites is 1. The number of imidazole rings is 1. The van der Waals surface area contributed by atoms with Crippen LogP contribution in [0.15, 0.2) is 54.9 Å². The minimum atomic E-state index is -3.76. The van der Waals surface area contributed by atoms with Crippen molar-refractivity contribution in [2.75, 3.05) is 23.8 Å². The number of anilines is 1. The molecule has 1 aliphatic heterocycles. The summed E-state index contributed by atoms with van der Waals surface area (Å²) in [7, 11) is -3.76. The molecule has 10 heteroatoms. The quantitative estimate of drug-likeness (QED) is 0.569. The number of fused-ring (bicyclic) bond motifs is 1. The fraction of sp³-hybridized carbons (Fsp3) is 0.304. The topological polar surface area (TPSA) is 103 Å².